The monoisotopic (exact) mass is 267 g/mol. The summed E-state index contributed by atoms with van der Waals surface area (Å²) in [6.07, 6.45) is 10.5. The first kappa shape index (κ1) is 12.7. The molecule has 0 N–H and O–H groups in total. The first-order valence-corrected chi connectivity index (χ1v) is 6.85. The molecule has 0 radical (unpaired) electrons. The highest BCUT2D eigenvalue weighted by atomic mass is 16.2. The van der Waals surface area contributed by atoms with Crippen molar-refractivity contribution < 1.29 is 4.79 Å². The van der Waals surface area contributed by atoms with Crippen LogP contribution < -0.4 is 0 Å². The number of carbonyl (C=O) groups is 1. The summed E-state index contributed by atoms with van der Waals surface area (Å²) in [5, 5.41) is 0. The van der Waals surface area contributed by atoms with Crippen molar-refractivity contribution in [3.05, 3.63) is 60.7 Å². The summed E-state index contributed by atoms with van der Waals surface area (Å²) < 4.78 is 1.92. The van der Waals surface area contributed by atoms with Gasteiger partial charge in [-0.2, -0.15) is 0 Å². The van der Waals surface area contributed by atoms with E-state index in [9.17, 15) is 4.79 Å². The largest absolute Gasteiger partial charge is 0.329 e. The number of nitrogens with zero attached hydrogens (tertiary/aromatic N) is 3. The van der Waals surface area contributed by atoms with Crippen molar-refractivity contribution >= 4 is 5.91 Å². The molecule has 1 aliphatic rings. The third-order valence-electron chi connectivity index (χ3n) is 3.66. The minimum Gasteiger partial charge on any atom is -0.329 e. The van der Waals surface area contributed by atoms with Gasteiger partial charge < -0.3 is 9.47 Å². The quantitative estimate of drug-likeness (QED) is 0.802. The molecule has 1 amide bonds. The highest BCUT2D eigenvalue weighted by molar-refractivity contribution is 5.95. The Morgan fingerprint density at radius 1 is 1.35 bits per heavy atom. The molecule has 1 aliphatic heterocycles. The van der Waals surface area contributed by atoms with Gasteiger partial charge in [0, 0.05) is 30.2 Å². The van der Waals surface area contributed by atoms with Crippen LogP contribution in [0.2, 0.25) is 0 Å². The molecule has 1 unspecified atom stereocenters. The Bertz CT molecular complexity index is 614. The Balaban J connectivity index is 1.79. The van der Waals surface area contributed by atoms with E-state index in [-0.39, 0.29) is 11.9 Å². The number of benzene rings is 1. The standard InChI is InChI=1S/C16H17N3O/c1-2-14-4-3-10-19(14)16(20)13-5-7-15(8-6-13)18-11-9-17-12-18/h3-9,11-12,14H,2,10H2,1H3. The van der Waals surface area contributed by atoms with E-state index in [0.29, 0.717) is 6.54 Å². The van der Waals surface area contributed by atoms with Crippen LogP contribution in [0.4, 0.5) is 0 Å². The Hall–Kier alpha value is -2.36. The maximum atomic E-state index is 12.5. The molecule has 4 heteroatoms. The number of amides is 1. The van der Waals surface area contributed by atoms with Crippen LogP contribution in [0.25, 0.3) is 5.69 Å². The van der Waals surface area contributed by atoms with Crippen LogP contribution in [0, 0.1) is 0 Å². The Morgan fingerprint density at radius 2 is 2.15 bits per heavy atom. The topological polar surface area (TPSA) is 38.1 Å². The molecule has 1 aromatic heterocycles. The third kappa shape index (κ3) is 2.25. The van der Waals surface area contributed by atoms with Crippen LogP contribution >= 0.6 is 0 Å². The van der Waals surface area contributed by atoms with Crippen LogP contribution in [0.3, 0.4) is 0 Å². The van der Waals surface area contributed by atoms with E-state index in [1.807, 2.05) is 39.9 Å². The summed E-state index contributed by atoms with van der Waals surface area (Å²) >= 11 is 0. The van der Waals surface area contributed by atoms with Crippen molar-refractivity contribution in [2.24, 2.45) is 0 Å². The van der Waals surface area contributed by atoms with Crippen LogP contribution in [0.15, 0.2) is 55.1 Å². The average Bonchev–Trinajstić information content (AvgIpc) is 3.17. The molecular formula is C16H17N3O. The fourth-order valence-corrected chi connectivity index (χ4v) is 2.51. The maximum Gasteiger partial charge on any atom is 0.254 e. The summed E-state index contributed by atoms with van der Waals surface area (Å²) in [7, 11) is 0. The SMILES string of the molecule is CCC1C=CCN1C(=O)c1ccc(-n2ccnc2)cc1. The number of rotatable bonds is 3. The zero-order valence-electron chi connectivity index (χ0n) is 11.4. The Kier molecular flexibility index (Phi) is 3.37. The van der Waals surface area contributed by atoms with Crippen molar-refractivity contribution in [3.8, 4) is 5.69 Å². The van der Waals surface area contributed by atoms with Gasteiger partial charge in [0.05, 0.1) is 12.4 Å². The molecule has 0 spiro atoms. The summed E-state index contributed by atoms with van der Waals surface area (Å²) in [4.78, 5) is 18.4. The molecule has 102 valence electrons. The fraction of sp³-hybridized carbons (Fsp3) is 0.250. The van der Waals surface area contributed by atoms with Gasteiger partial charge in [-0.1, -0.05) is 19.1 Å². The summed E-state index contributed by atoms with van der Waals surface area (Å²) in [5.74, 6) is 0.0963. The molecule has 3 rings (SSSR count). The van der Waals surface area contributed by atoms with Crippen LogP contribution in [-0.4, -0.2) is 32.9 Å². The normalized spacial score (nSPS) is 17.6. The minimum atomic E-state index is 0.0963. The molecule has 0 aliphatic carbocycles. The van der Waals surface area contributed by atoms with E-state index in [0.717, 1.165) is 17.7 Å². The average molecular weight is 267 g/mol. The highest BCUT2D eigenvalue weighted by Crippen LogP contribution is 2.18. The number of hydrogen-bond acceptors (Lipinski definition) is 2. The molecule has 4 nitrogen and oxygen atoms in total. The molecule has 20 heavy (non-hydrogen) atoms. The maximum absolute atomic E-state index is 12.5. The molecule has 0 fully saturated rings. The predicted molar refractivity (Wildman–Crippen MR) is 77.8 cm³/mol. The second-order valence-electron chi connectivity index (χ2n) is 4.88. The lowest BCUT2D eigenvalue weighted by Crippen LogP contribution is -2.35. The predicted octanol–water partition coefficient (Wildman–Crippen LogP) is 2.66. The number of hydrogen-bond donors (Lipinski definition) is 0. The third-order valence-corrected chi connectivity index (χ3v) is 3.66. The summed E-state index contributed by atoms with van der Waals surface area (Å²) in [6.45, 7) is 2.81. The molecule has 0 saturated heterocycles. The second-order valence-corrected chi connectivity index (χ2v) is 4.88. The number of aromatic nitrogens is 2. The van der Waals surface area contributed by atoms with Crippen molar-refractivity contribution in [1.82, 2.24) is 14.5 Å². The van der Waals surface area contributed by atoms with Gasteiger partial charge in [0.15, 0.2) is 0 Å². The Morgan fingerprint density at radius 3 is 2.80 bits per heavy atom. The van der Waals surface area contributed by atoms with E-state index >= 15 is 0 Å². The lowest BCUT2D eigenvalue weighted by Gasteiger charge is -2.23. The van der Waals surface area contributed by atoms with Crippen molar-refractivity contribution in [1.29, 1.82) is 0 Å². The smallest absolute Gasteiger partial charge is 0.254 e. The van der Waals surface area contributed by atoms with Gasteiger partial charge in [-0.25, -0.2) is 4.98 Å². The van der Waals surface area contributed by atoms with Crippen molar-refractivity contribution in [3.63, 3.8) is 0 Å². The van der Waals surface area contributed by atoms with Gasteiger partial charge in [-0.15, -0.1) is 0 Å². The van der Waals surface area contributed by atoms with Gasteiger partial charge >= 0.3 is 0 Å². The molecule has 2 aromatic rings. The molecule has 2 heterocycles. The van der Waals surface area contributed by atoms with Gasteiger partial charge in [-0.05, 0) is 30.7 Å². The summed E-state index contributed by atoms with van der Waals surface area (Å²) in [5.41, 5.74) is 1.74. The first-order chi connectivity index (χ1) is 9.79. The zero-order chi connectivity index (χ0) is 13.9. The molecule has 1 aromatic carbocycles. The molecule has 1 atom stereocenters. The van der Waals surface area contributed by atoms with Crippen LogP contribution in [-0.2, 0) is 0 Å². The van der Waals surface area contributed by atoms with Crippen LogP contribution in [0.1, 0.15) is 23.7 Å². The highest BCUT2D eigenvalue weighted by Gasteiger charge is 2.24. The minimum absolute atomic E-state index is 0.0963. The molecular weight excluding hydrogens is 250 g/mol. The Labute approximate surface area is 118 Å². The first-order valence-electron chi connectivity index (χ1n) is 6.85. The van der Waals surface area contributed by atoms with Crippen molar-refractivity contribution in [2.75, 3.05) is 6.54 Å². The molecule has 0 bridgehead atoms. The van der Waals surface area contributed by atoms with Gasteiger partial charge in [0.2, 0.25) is 0 Å². The van der Waals surface area contributed by atoms with Gasteiger partial charge in [-0.3, -0.25) is 4.79 Å². The summed E-state index contributed by atoms with van der Waals surface area (Å²) in [6, 6.07) is 7.88. The van der Waals surface area contributed by atoms with Gasteiger partial charge in [0.25, 0.3) is 5.91 Å². The van der Waals surface area contributed by atoms with E-state index in [2.05, 4.69) is 24.1 Å². The number of carbonyl (C=O) groups excluding carboxylic acids is 1. The number of imidazole rings is 1. The fourth-order valence-electron chi connectivity index (χ4n) is 2.51. The zero-order valence-corrected chi connectivity index (χ0v) is 11.4. The van der Waals surface area contributed by atoms with E-state index in [1.54, 1.807) is 12.5 Å². The van der Waals surface area contributed by atoms with Crippen LogP contribution in [0.5, 0.6) is 0 Å². The van der Waals surface area contributed by atoms with Crippen molar-refractivity contribution in [2.45, 2.75) is 19.4 Å². The van der Waals surface area contributed by atoms with E-state index in [4.69, 9.17) is 0 Å². The van der Waals surface area contributed by atoms with Gasteiger partial charge in [0.1, 0.15) is 0 Å². The lowest BCUT2D eigenvalue weighted by atomic mass is 10.1. The second kappa shape index (κ2) is 5.33. The van der Waals surface area contributed by atoms with E-state index in [1.165, 1.54) is 0 Å². The lowest BCUT2D eigenvalue weighted by molar-refractivity contribution is 0.0747. The molecule has 0 saturated carbocycles. The van der Waals surface area contributed by atoms with E-state index < -0.39 is 0 Å².